The molecule has 1 unspecified atom stereocenters. The molecule has 4 aliphatic rings. The fourth-order valence-corrected chi connectivity index (χ4v) is 9.30. The lowest BCUT2D eigenvalue weighted by atomic mass is 9.91. The molecule has 4 fully saturated rings. The average Bonchev–Trinajstić information content (AvgIpc) is 4.04. The van der Waals surface area contributed by atoms with Crippen molar-refractivity contribution in [2.45, 2.75) is 102 Å². The standard InChI is InChI=1S/C42H54Cl2N6O11/c1-6-55-37(52)41(38(53)56-7-2,19-26-12-14-29(15-13-26)47-39(54)45-17-9-16-43)57-23-32-42(24-58-40(4,5)61-42)34(59-25(3)51)36(60-32)50-35-30(20-46-50)31(18-33(44)48-35)49-21-27-10-8-11-28(27)22-49/h12-15,18,20,27-28,32,34,36H,6-11,16-17,19,21-24H2,1-5H3,(H2,45,47,54)/t27-,28+,32-,34+,36-,42?/m1/s1. The number of halogens is 2. The van der Waals surface area contributed by atoms with Crippen LogP contribution in [0, 0.1) is 11.8 Å². The molecule has 17 nitrogen and oxygen atoms in total. The smallest absolute Gasteiger partial charge is 0.350 e. The number of pyridine rings is 1. The minimum atomic E-state index is -2.34. The molecule has 1 aromatic carbocycles. The van der Waals surface area contributed by atoms with Gasteiger partial charge in [0.2, 0.25) is 0 Å². The number of carbonyl (C=O) groups is 4. The topological polar surface area (TPSA) is 191 Å². The normalized spacial score (nSPS) is 25.5. The summed E-state index contributed by atoms with van der Waals surface area (Å²) in [5, 5.41) is 11.2. The Kier molecular flexibility index (Phi) is 13.7. The Morgan fingerprint density at radius 2 is 1.72 bits per heavy atom. The molecular formula is C42H54Cl2N6O11. The molecule has 2 N–H and O–H groups in total. The highest BCUT2D eigenvalue weighted by molar-refractivity contribution is 6.30. The van der Waals surface area contributed by atoms with Gasteiger partial charge in [-0.15, -0.1) is 11.6 Å². The van der Waals surface area contributed by atoms with Gasteiger partial charge < -0.3 is 48.7 Å². The number of fused-ring (bicyclic) bond motifs is 2. The van der Waals surface area contributed by atoms with Crippen LogP contribution in [0.1, 0.15) is 72.1 Å². The Bertz CT molecular complexity index is 2060. The van der Waals surface area contributed by atoms with Gasteiger partial charge in [-0.05, 0) is 82.6 Å². The first kappa shape index (κ1) is 44.8. The number of carbonyl (C=O) groups excluding carboxylic acids is 4. The van der Waals surface area contributed by atoms with Gasteiger partial charge >= 0.3 is 23.9 Å². The van der Waals surface area contributed by atoms with E-state index in [9.17, 15) is 19.2 Å². The van der Waals surface area contributed by atoms with Crippen LogP contribution in [0.4, 0.5) is 16.2 Å². The van der Waals surface area contributed by atoms with E-state index in [0.717, 1.165) is 24.2 Å². The summed E-state index contributed by atoms with van der Waals surface area (Å²) in [6, 6.07) is 7.98. The van der Waals surface area contributed by atoms with E-state index in [1.54, 1.807) is 58.2 Å². The first-order valence-corrected chi connectivity index (χ1v) is 21.8. The molecule has 6 atom stereocenters. The number of amides is 2. The first-order valence-electron chi connectivity index (χ1n) is 20.9. The van der Waals surface area contributed by atoms with E-state index in [1.165, 1.54) is 30.9 Å². The number of nitrogens with one attached hydrogen (secondary N) is 2. The average molecular weight is 890 g/mol. The van der Waals surface area contributed by atoms with Gasteiger partial charge in [0.05, 0.1) is 43.7 Å². The maximum atomic E-state index is 14.1. The number of hydrogen-bond acceptors (Lipinski definition) is 14. The lowest BCUT2D eigenvalue weighted by Crippen LogP contribution is -2.58. The van der Waals surface area contributed by atoms with Crippen molar-refractivity contribution in [1.29, 1.82) is 0 Å². The minimum Gasteiger partial charge on any atom is -0.463 e. The van der Waals surface area contributed by atoms with Gasteiger partial charge in [0.25, 0.3) is 5.60 Å². The molecule has 3 aromatic rings. The molecule has 332 valence electrons. The van der Waals surface area contributed by atoms with Crippen LogP contribution < -0.4 is 15.5 Å². The van der Waals surface area contributed by atoms with Gasteiger partial charge in [-0.2, -0.15) is 5.10 Å². The largest absolute Gasteiger partial charge is 0.463 e. The molecule has 1 saturated carbocycles. The summed E-state index contributed by atoms with van der Waals surface area (Å²) in [5.41, 5.74) is -1.64. The molecular weight excluding hydrogens is 835 g/mol. The second-order valence-corrected chi connectivity index (χ2v) is 17.1. The van der Waals surface area contributed by atoms with Crippen LogP contribution in [0.15, 0.2) is 36.5 Å². The monoisotopic (exact) mass is 888 g/mol. The van der Waals surface area contributed by atoms with Gasteiger partial charge in [-0.3, -0.25) is 4.79 Å². The van der Waals surface area contributed by atoms with E-state index >= 15 is 0 Å². The van der Waals surface area contributed by atoms with Crippen LogP contribution in [0.2, 0.25) is 5.15 Å². The van der Waals surface area contributed by atoms with Crippen molar-refractivity contribution in [2.75, 3.05) is 62.2 Å². The van der Waals surface area contributed by atoms with Crippen molar-refractivity contribution in [3.05, 3.63) is 47.2 Å². The van der Waals surface area contributed by atoms with Gasteiger partial charge in [-0.1, -0.05) is 30.2 Å². The third-order valence-corrected chi connectivity index (χ3v) is 12.2. The fourth-order valence-electron chi connectivity index (χ4n) is 8.98. The Hall–Kier alpha value is -4.26. The summed E-state index contributed by atoms with van der Waals surface area (Å²) in [4.78, 5) is 60.4. The second-order valence-electron chi connectivity index (χ2n) is 16.3. The highest BCUT2D eigenvalue weighted by Gasteiger charge is 2.67. The number of alkyl halides is 1. The molecule has 1 aliphatic carbocycles. The van der Waals surface area contributed by atoms with E-state index in [1.807, 2.05) is 6.07 Å². The Morgan fingerprint density at radius 1 is 1.03 bits per heavy atom. The number of hydrogen-bond donors (Lipinski definition) is 2. The van der Waals surface area contributed by atoms with Gasteiger partial charge in [0, 0.05) is 44.5 Å². The van der Waals surface area contributed by atoms with E-state index < -0.39 is 66.0 Å². The number of benzene rings is 1. The van der Waals surface area contributed by atoms with Crippen LogP contribution in [0.25, 0.3) is 11.0 Å². The number of urea groups is 1. The Labute approximate surface area is 364 Å². The van der Waals surface area contributed by atoms with Gasteiger partial charge in [-0.25, -0.2) is 24.0 Å². The third kappa shape index (κ3) is 9.28. The summed E-state index contributed by atoms with van der Waals surface area (Å²) < 4.78 is 44.6. The predicted octanol–water partition coefficient (Wildman–Crippen LogP) is 5.55. The zero-order valence-electron chi connectivity index (χ0n) is 35.1. The van der Waals surface area contributed by atoms with Crippen molar-refractivity contribution >= 4 is 69.5 Å². The van der Waals surface area contributed by atoms with Crippen molar-refractivity contribution in [3.63, 3.8) is 0 Å². The maximum Gasteiger partial charge on any atom is 0.350 e. The maximum absolute atomic E-state index is 14.1. The highest BCUT2D eigenvalue weighted by atomic mass is 35.5. The van der Waals surface area contributed by atoms with E-state index in [-0.39, 0.29) is 31.4 Å². The minimum absolute atomic E-state index is 0.0701. The molecule has 2 aromatic heterocycles. The summed E-state index contributed by atoms with van der Waals surface area (Å²) in [7, 11) is 0. The number of anilines is 2. The SMILES string of the molecule is CCOC(=O)C(Cc1ccc(NC(=O)NCCCCl)cc1)(OC[C@H]1O[C@@H](n2ncc3c(N4C[C@H]5CCC[C@H]5C4)cc(Cl)nc32)[C@H](OC(C)=O)C12COC(C)(C)O2)C(=O)OCC. The summed E-state index contributed by atoms with van der Waals surface area (Å²) in [5.74, 6) is -2.15. The lowest BCUT2D eigenvalue weighted by molar-refractivity contribution is -0.212. The summed E-state index contributed by atoms with van der Waals surface area (Å²) in [6.45, 7) is 9.39. The number of rotatable bonds is 16. The van der Waals surface area contributed by atoms with Gasteiger partial charge in [0.1, 0.15) is 11.3 Å². The van der Waals surface area contributed by atoms with Crippen molar-refractivity contribution in [3.8, 4) is 0 Å². The Morgan fingerprint density at radius 3 is 2.33 bits per heavy atom. The van der Waals surface area contributed by atoms with E-state index in [2.05, 4.69) is 20.5 Å². The molecule has 7 rings (SSSR count). The third-order valence-electron chi connectivity index (χ3n) is 11.7. The molecule has 61 heavy (non-hydrogen) atoms. The van der Waals surface area contributed by atoms with Crippen LogP contribution in [0.3, 0.4) is 0 Å². The number of nitrogens with zero attached hydrogens (tertiary/aromatic N) is 4. The van der Waals surface area contributed by atoms with Crippen molar-refractivity contribution in [2.24, 2.45) is 11.8 Å². The number of esters is 3. The van der Waals surface area contributed by atoms with Gasteiger partial charge in [0.15, 0.2) is 29.4 Å². The predicted molar refractivity (Wildman–Crippen MR) is 223 cm³/mol. The zero-order valence-corrected chi connectivity index (χ0v) is 36.6. The van der Waals surface area contributed by atoms with Crippen LogP contribution in [-0.2, 0) is 54.0 Å². The quantitative estimate of drug-likeness (QED) is 0.0455. The lowest BCUT2D eigenvalue weighted by Gasteiger charge is -2.35. The molecule has 2 amide bonds. The number of aromatic nitrogens is 3. The first-order chi connectivity index (χ1) is 29.2. The molecule has 3 saturated heterocycles. The van der Waals surface area contributed by atoms with Crippen LogP contribution in [-0.4, -0.2) is 120 Å². The molecule has 19 heteroatoms. The molecule has 0 bridgehead atoms. The van der Waals surface area contributed by atoms with E-state index in [0.29, 0.717) is 47.6 Å². The molecule has 5 heterocycles. The number of ether oxygens (including phenoxy) is 7. The Balaban J connectivity index is 1.23. The van der Waals surface area contributed by atoms with Crippen LogP contribution >= 0.6 is 23.2 Å². The van der Waals surface area contributed by atoms with Crippen molar-refractivity contribution < 1.29 is 52.3 Å². The summed E-state index contributed by atoms with van der Waals surface area (Å²) >= 11 is 12.4. The molecule has 1 spiro atoms. The van der Waals surface area contributed by atoms with Crippen LogP contribution in [0.5, 0.6) is 0 Å². The second kappa shape index (κ2) is 18.6. The van der Waals surface area contributed by atoms with E-state index in [4.69, 9.17) is 61.5 Å². The van der Waals surface area contributed by atoms with Crippen molar-refractivity contribution in [1.82, 2.24) is 20.1 Å². The highest BCUT2D eigenvalue weighted by Crippen LogP contribution is 2.50. The fraction of sp³-hybridized carbons (Fsp3) is 0.619. The summed E-state index contributed by atoms with van der Waals surface area (Å²) in [6.07, 6.45) is 2.12. The zero-order chi connectivity index (χ0) is 43.5. The molecule has 3 aliphatic heterocycles. The molecule has 0 radical (unpaired) electrons.